The predicted molar refractivity (Wildman–Crippen MR) is 56.9 cm³/mol. The van der Waals surface area contributed by atoms with E-state index in [1.165, 1.54) is 13.8 Å². The summed E-state index contributed by atoms with van der Waals surface area (Å²) in [5.74, 6) is -2.39. The van der Waals surface area contributed by atoms with Gasteiger partial charge in [-0.05, 0) is 18.2 Å². The minimum Gasteiger partial charge on any atom is -0.426 e. The molecule has 0 unspecified atom stereocenters. The Morgan fingerprint density at radius 1 is 0.950 bits per heavy atom. The van der Waals surface area contributed by atoms with Crippen LogP contribution in [0.5, 0.6) is 5.75 Å². The summed E-state index contributed by atoms with van der Waals surface area (Å²) in [6, 6.07) is 0.678. The molecule has 1 aromatic rings. The topological polar surface area (TPSA) is 26.3 Å². The maximum Gasteiger partial charge on any atom is 0.416 e. The summed E-state index contributed by atoms with van der Waals surface area (Å²) in [6.07, 6.45) is -9.94. The van der Waals surface area contributed by atoms with E-state index in [-0.39, 0.29) is 6.07 Å². The van der Waals surface area contributed by atoms with Gasteiger partial charge in [0.1, 0.15) is 5.75 Å². The normalized spacial score (nSPS) is 12.7. The van der Waals surface area contributed by atoms with E-state index in [9.17, 15) is 31.1 Å². The van der Waals surface area contributed by atoms with Crippen LogP contribution in [-0.2, 0) is 17.1 Å². The Morgan fingerprint density at radius 3 is 1.65 bits per heavy atom. The van der Waals surface area contributed by atoms with Crippen LogP contribution in [0.4, 0.5) is 26.3 Å². The number of benzene rings is 1. The second-order valence-electron chi connectivity index (χ2n) is 4.32. The molecule has 0 aliphatic rings. The highest BCUT2D eigenvalue weighted by molar-refractivity contribution is 5.74. The quantitative estimate of drug-likeness (QED) is 0.463. The first-order chi connectivity index (χ1) is 8.91. The summed E-state index contributed by atoms with van der Waals surface area (Å²) >= 11 is 0. The van der Waals surface area contributed by atoms with Crippen LogP contribution in [-0.4, -0.2) is 5.97 Å². The first kappa shape index (κ1) is 16.3. The van der Waals surface area contributed by atoms with Crippen LogP contribution in [0.15, 0.2) is 18.2 Å². The van der Waals surface area contributed by atoms with Gasteiger partial charge in [-0.1, -0.05) is 13.8 Å². The molecule has 0 heterocycles. The summed E-state index contributed by atoms with van der Waals surface area (Å²) in [5.41, 5.74) is -3.06. The van der Waals surface area contributed by atoms with Crippen LogP contribution in [0.1, 0.15) is 25.0 Å². The smallest absolute Gasteiger partial charge is 0.416 e. The Labute approximate surface area is 110 Å². The van der Waals surface area contributed by atoms with Crippen LogP contribution in [0.25, 0.3) is 0 Å². The van der Waals surface area contributed by atoms with Gasteiger partial charge in [0.05, 0.1) is 17.0 Å². The van der Waals surface area contributed by atoms with Crippen LogP contribution in [0.3, 0.4) is 0 Å². The molecule has 0 N–H and O–H groups in total. The number of carbonyl (C=O) groups is 1. The minimum atomic E-state index is -4.97. The number of ether oxygens (including phenoxy) is 1. The van der Waals surface area contributed by atoms with Crippen molar-refractivity contribution in [2.45, 2.75) is 26.2 Å². The minimum absolute atomic E-state index is 0.0350. The summed E-state index contributed by atoms with van der Waals surface area (Å²) < 4.78 is 79.7. The second-order valence-corrected chi connectivity index (χ2v) is 4.32. The van der Waals surface area contributed by atoms with E-state index in [0.717, 1.165) is 0 Å². The molecule has 1 rings (SSSR count). The lowest BCUT2D eigenvalue weighted by atomic mass is 10.1. The van der Waals surface area contributed by atoms with Crippen LogP contribution >= 0.6 is 0 Å². The zero-order valence-corrected chi connectivity index (χ0v) is 10.4. The van der Waals surface area contributed by atoms with Gasteiger partial charge in [-0.25, -0.2) is 0 Å². The third-order valence-corrected chi connectivity index (χ3v) is 2.25. The molecule has 112 valence electrons. The molecule has 0 saturated heterocycles. The van der Waals surface area contributed by atoms with Crippen molar-refractivity contribution in [3.05, 3.63) is 29.3 Å². The third-order valence-electron chi connectivity index (χ3n) is 2.25. The summed E-state index contributed by atoms with van der Waals surface area (Å²) in [6.45, 7) is 2.81. The zero-order chi connectivity index (χ0) is 15.7. The molecule has 0 saturated carbocycles. The Morgan fingerprint density at radius 2 is 1.35 bits per heavy atom. The first-order valence-corrected chi connectivity index (χ1v) is 5.42. The Balaban J connectivity index is 3.28. The first-order valence-electron chi connectivity index (χ1n) is 5.42. The summed E-state index contributed by atoms with van der Waals surface area (Å²) in [5, 5.41) is 0. The lowest BCUT2D eigenvalue weighted by Crippen LogP contribution is -2.17. The van der Waals surface area contributed by atoms with Gasteiger partial charge in [0.2, 0.25) is 0 Å². The highest BCUT2D eigenvalue weighted by Gasteiger charge is 2.37. The van der Waals surface area contributed by atoms with Crippen LogP contribution < -0.4 is 4.74 Å². The SMILES string of the molecule is CC(C)C(=O)Oc1cc(C(F)(F)F)cc(C(F)(F)F)c1. The summed E-state index contributed by atoms with van der Waals surface area (Å²) in [4.78, 5) is 11.2. The van der Waals surface area contributed by atoms with E-state index >= 15 is 0 Å². The van der Waals surface area contributed by atoms with Crippen molar-refractivity contribution >= 4 is 5.97 Å². The fourth-order valence-corrected chi connectivity index (χ4v) is 1.22. The molecule has 1 aromatic carbocycles. The highest BCUT2D eigenvalue weighted by Crippen LogP contribution is 2.38. The lowest BCUT2D eigenvalue weighted by Gasteiger charge is -2.14. The number of alkyl halides is 6. The average Bonchev–Trinajstić information content (AvgIpc) is 2.26. The molecule has 0 aliphatic heterocycles. The highest BCUT2D eigenvalue weighted by atomic mass is 19.4. The lowest BCUT2D eigenvalue weighted by molar-refractivity contribution is -0.145. The van der Waals surface area contributed by atoms with Crippen molar-refractivity contribution < 1.29 is 35.9 Å². The van der Waals surface area contributed by atoms with Gasteiger partial charge in [-0.15, -0.1) is 0 Å². The monoisotopic (exact) mass is 300 g/mol. The molecule has 20 heavy (non-hydrogen) atoms. The van der Waals surface area contributed by atoms with Crippen molar-refractivity contribution in [1.82, 2.24) is 0 Å². The molecule has 2 nitrogen and oxygen atoms in total. The third kappa shape index (κ3) is 4.14. The van der Waals surface area contributed by atoms with Crippen molar-refractivity contribution in [3.8, 4) is 5.75 Å². The average molecular weight is 300 g/mol. The van der Waals surface area contributed by atoms with Crippen molar-refractivity contribution in [3.63, 3.8) is 0 Å². The van der Waals surface area contributed by atoms with Gasteiger partial charge in [0, 0.05) is 0 Å². The van der Waals surface area contributed by atoms with Crippen LogP contribution in [0.2, 0.25) is 0 Å². The van der Waals surface area contributed by atoms with E-state index in [1.807, 2.05) is 0 Å². The zero-order valence-electron chi connectivity index (χ0n) is 10.4. The molecule has 0 bridgehead atoms. The Hall–Kier alpha value is -1.73. The van der Waals surface area contributed by atoms with Gasteiger partial charge >= 0.3 is 18.3 Å². The molecular weight excluding hydrogens is 290 g/mol. The number of rotatable bonds is 2. The van der Waals surface area contributed by atoms with Gasteiger partial charge in [-0.3, -0.25) is 4.79 Å². The number of hydrogen-bond acceptors (Lipinski definition) is 2. The van der Waals surface area contributed by atoms with Gasteiger partial charge < -0.3 is 4.74 Å². The molecule has 0 atom stereocenters. The largest absolute Gasteiger partial charge is 0.426 e. The molecule has 0 aliphatic carbocycles. The number of carbonyl (C=O) groups excluding carboxylic acids is 1. The van der Waals surface area contributed by atoms with E-state index in [1.54, 1.807) is 0 Å². The molecule has 0 aromatic heterocycles. The predicted octanol–water partition coefficient (Wildman–Crippen LogP) is 4.29. The molecular formula is C12H10F6O2. The van der Waals surface area contributed by atoms with Gasteiger partial charge in [-0.2, -0.15) is 26.3 Å². The molecule has 8 heteroatoms. The standard InChI is InChI=1S/C12H10F6O2/c1-6(2)10(19)20-9-4-7(11(13,14)15)3-8(5-9)12(16,17)18/h3-6H,1-2H3. The fraction of sp³-hybridized carbons (Fsp3) is 0.417. The van der Waals surface area contributed by atoms with Gasteiger partial charge in [0.15, 0.2) is 0 Å². The number of hydrogen-bond donors (Lipinski definition) is 0. The van der Waals surface area contributed by atoms with E-state index in [2.05, 4.69) is 4.74 Å². The maximum absolute atomic E-state index is 12.5. The van der Waals surface area contributed by atoms with E-state index in [0.29, 0.717) is 12.1 Å². The molecule has 0 amide bonds. The molecule has 0 spiro atoms. The van der Waals surface area contributed by atoms with Crippen molar-refractivity contribution in [1.29, 1.82) is 0 Å². The second kappa shape index (κ2) is 5.34. The summed E-state index contributed by atoms with van der Waals surface area (Å²) in [7, 11) is 0. The maximum atomic E-state index is 12.5. The molecule has 0 radical (unpaired) electrons. The van der Waals surface area contributed by atoms with Crippen LogP contribution in [0, 0.1) is 5.92 Å². The van der Waals surface area contributed by atoms with E-state index < -0.39 is 41.1 Å². The number of halogens is 6. The van der Waals surface area contributed by atoms with Gasteiger partial charge in [0.25, 0.3) is 0 Å². The Kier molecular flexibility index (Phi) is 4.36. The Bertz CT molecular complexity index is 469. The fourth-order valence-electron chi connectivity index (χ4n) is 1.22. The van der Waals surface area contributed by atoms with Crippen molar-refractivity contribution in [2.24, 2.45) is 5.92 Å². The van der Waals surface area contributed by atoms with E-state index in [4.69, 9.17) is 0 Å². The number of esters is 1. The van der Waals surface area contributed by atoms with Crippen molar-refractivity contribution in [2.75, 3.05) is 0 Å². The molecule has 0 fully saturated rings.